The van der Waals surface area contributed by atoms with Crippen LogP contribution >= 0.6 is 0 Å². The molecule has 1 heterocycles. The minimum absolute atomic E-state index is 0.582. The smallest absolute Gasteiger partial charge is 0.122 e. The molecule has 1 aromatic carbocycles. The fraction of sp³-hybridized carbons (Fsp3) is 0.647. The minimum atomic E-state index is 0.582. The van der Waals surface area contributed by atoms with Gasteiger partial charge in [0.25, 0.3) is 0 Å². The fourth-order valence-corrected chi connectivity index (χ4v) is 3.45. The third-order valence-corrected chi connectivity index (χ3v) is 4.68. The molecule has 0 amide bonds. The van der Waals surface area contributed by atoms with E-state index in [9.17, 15) is 0 Å². The summed E-state index contributed by atoms with van der Waals surface area (Å²) in [5.74, 6) is 1.57. The Labute approximate surface area is 123 Å². The quantitative estimate of drug-likeness (QED) is 0.834. The van der Waals surface area contributed by atoms with Gasteiger partial charge < -0.3 is 15.4 Å². The highest BCUT2D eigenvalue weighted by atomic mass is 16.5. The Kier molecular flexibility index (Phi) is 5.30. The molecule has 0 aliphatic carbocycles. The molecule has 0 radical (unpaired) electrons. The molecule has 3 heteroatoms. The minimum Gasteiger partial charge on any atom is -0.496 e. The van der Waals surface area contributed by atoms with Crippen molar-refractivity contribution in [2.75, 3.05) is 25.9 Å². The molecule has 1 aliphatic heterocycles. The van der Waals surface area contributed by atoms with Crippen LogP contribution < -0.4 is 10.5 Å². The molecule has 0 aromatic heterocycles. The van der Waals surface area contributed by atoms with Crippen LogP contribution in [0.25, 0.3) is 0 Å². The van der Waals surface area contributed by atoms with Crippen molar-refractivity contribution in [3.8, 4) is 5.75 Å². The number of ether oxygens (including phenoxy) is 1. The van der Waals surface area contributed by atoms with Crippen molar-refractivity contribution in [1.29, 1.82) is 0 Å². The van der Waals surface area contributed by atoms with Crippen LogP contribution in [0, 0.1) is 0 Å². The zero-order valence-corrected chi connectivity index (χ0v) is 13.1. The van der Waals surface area contributed by atoms with E-state index in [1.54, 1.807) is 7.11 Å². The van der Waals surface area contributed by atoms with Crippen LogP contribution in [0.4, 0.5) is 5.69 Å². The summed E-state index contributed by atoms with van der Waals surface area (Å²) in [4.78, 5) is 2.65. The highest BCUT2D eigenvalue weighted by Gasteiger charge is 2.25. The molecule has 0 saturated carbocycles. The van der Waals surface area contributed by atoms with E-state index in [1.165, 1.54) is 44.3 Å². The average molecular weight is 276 g/mol. The van der Waals surface area contributed by atoms with Gasteiger partial charge in [-0.1, -0.05) is 13.8 Å². The van der Waals surface area contributed by atoms with Gasteiger partial charge in [-0.25, -0.2) is 0 Å². The Morgan fingerprint density at radius 3 is 2.45 bits per heavy atom. The summed E-state index contributed by atoms with van der Waals surface area (Å²) in [6.07, 6.45) is 4.91. The Hall–Kier alpha value is -1.22. The molecule has 0 unspecified atom stereocenters. The number of hydrogen-bond acceptors (Lipinski definition) is 3. The molecule has 1 saturated heterocycles. The molecule has 112 valence electrons. The molecule has 2 rings (SSSR count). The van der Waals surface area contributed by atoms with E-state index in [4.69, 9.17) is 10.5 Å². The van der Waals surface area contributed by atoms with Crippen LogP contribution in [-0.4, -0.2) is 31.1 Å². The lowest BCUT2D eigenvalue weighted by atomic mass is 9.87. The molecule has 1 aromatic rings. The lowest BCUT2D eigenvalue weighted by Crippen LogP contribution is -2.40. The number of benzene rings is 1. The van der Waals surface area contributed by atoms with Crippen molar-refractivity contribution < 1.29 is 4.74 Å². The molecule has 1 aliphatic rings. The molecule has 0 spiro atoms. The summed E-state index contributed by atoms with van der Waals surface area (Å²) in [6.45, 7) is 6.96. The maximum absolute atomic E-state index is 5.94. The first kappa shape index (κ1) is 15.2. The van der Waals surface area contributed by atoms with Gasteiger partial charge in [-0.2, -0.15) is 0 Å². The van der Waals surface area contributed by atoms with Gasteiger partial charge in [-0.3, -0.25) is 0 Å². The largest absolute Gasteiger partial charge is 0.496 e. The second-order valence-electron chi connectivity index (χ2n) is 5.78. The Balaban J connectivity index is 2.05. The predicted octanol–water partition coefficient (Wildman–Crippen LogP) is 3.65. The van der Waals surface area contributed by atoms with Crippen LogP contribution in [0.5, 0.6) is 5.75 Å². The Morgan fingerprint density at radius 1 is 1.25 bits per heavy atom. The van der Waals surface area contributed by atoms with Crippen LogP contribution in [0.15, 0.2) is 18.2 Å². The zero-order chi connectivity index (χ0) is 14.5. The Bertz CT molecular complexity index is 421. The van der Waals surface area contributed by atoms with Crippen molar-refractivity contribution in [2.45, 2.75) is 51.5 Å². The highest BCUT2D eigenvalue weighted by molar-refractivity contribution is 5.49. The molecule has 3 nitrogen and oxygen atoms in total. The number of nitrogens with zero attached hydrogens (tertiary/aromatic N) is 1. The van der Waals surface area contributed by atoms with Crippen LogP contribution in [0.1, 0.15) is 51.0 Å². The standard InChI is InChI=1S/C17H28N2O/c1-4-15(5-2)19-10-8-13(9-11-19)16-12-14(18)6-7-17(16)20-3/h6-7,12-13,15H,4-5,8-11,18H2,1-3H3. The highest BCUT2D eigenvalue weighted by Crippen LogP contribution is 2.36. The predicted molar refractivity (Wildman–Crippen MR) is 85.3 cm³/mol. The summed E-state index contributed by atoms with van der Waals surface area (Å²) in [6, 6.07) is 6.76. The second-order valence-corrected chi connectivity index (χ2v) is 5.78. The van der Waals surface area contributed by atoms with Crippen molar-refractivity contribution in [2.24, 2.45) is 0 Å². The number of nitrogens with two attached hydrogens (primary N) is 1. The van der Waals surface area contributed by atoms with Crippen LogP contribution in [0.3, 0.4) is 0 Å². The second kappa shape index (κ2) is 6.98. The summed E-state index contributed by atoms with van der Waals surface area (Å²) < 4.78 is 5.50. The average Bonchev–Trinajstić information content (AvgIpc) is 2.49. The fourth-order valence-electron chi connectivity index (χ4n) is 3.45. The van der Waals surface area contributed by atoms with Crippen molar-refractivity contribution in [3.63, 3.8) is 0 Å². The van der Waals surface area contributed by atoms with E-state index < -0.39 is 0 Å². The van der Waals surface area contributed by atoms with Crippen molar-refractivity contribution in [3.05, 3.63) is 23.8 Å². The van der Waals surface area contributed by atoms with E-state index in [0.717, 1.165) is 17.5 Å². The Morgan fingerprint density at radius 2 is 1.90 bits per heavy atom. The summed E-state index contributed by atoms with van der Waals surface area (Å²) >= 11 is 0. The summed E-state index contributed by atoms with van der Waals surface area (Å²) in [5.41, 5.74) is 8.07. The summed E-state index contributed by atoms with van der Waals surface area (Å²) in [5, 5.41) is 0. The van der Waals surface area contributed by atoms with Crippen molar-refractivity contribution >= 4 is 5.69 Å². The van der Waals surface area contributed by atoms with E-state index in [1.807, 2.05) is 12.1 Å². The molecule has 0 atom stereocenters. The molecule has 0 bridgehead atoms. The topological polar surface area (TPSA) is 38.5 Å². The number of rotatable bonds is 5. The number of methoxy groups -OCH3 is 1. The monoisotopic (exact) mass is 276 g/mol. The van der Waals surface area contributed by atoms with Gasteiger partial charge in [-0.05, 0) is 68.5 Å². The number of anilines is 1. The van der Waals surface area contributed by atoms with E-state index >= 15 is 0 Å². The third kappa shape index (κ3) is 3.26. The molecule has 1 fully saturated rings. The normalized spacial score (nSPS) is 17.6. The van der Waals surface area contributed by atoms with Gasteiger partial charge in [0.05, 0.1) is 7.11 Å². The van der Waals surface area contributed by atoms with E-state index in [2.05, 4.69) is 24.8 Å². The first-order valence-electron chi connectivity index (χ1n) is 7.87. The first-order valence-corrected chi connectivity index (χ1v) is 7.87. The van der Waals surface area contributed by atoms with Gasteiger partial charge >= 0.3 is 0 Å². The van der Waals surface area contributed by atoms with Gasteiger partial charge in [0.1, 0.15) is 5.75 Å². The number of piperidine rings is 1. The third-order valence-electron chi connectivity index (χ3n) is 4.68. The van der Waals surface area contributed by atoms with Crippen LogP contribution in [-0.2, 0) is 0 Å². The maximum atomic E-state index is 5.94. The molecule has 2 N–H and O–H groups in total. The molecular formula is C17H28N2O. The van der Waals surface area contributed by atoms with E-state index in [-0.39, 0.29) is 0 Å². The van der Waals surface area contributed by atoms with Crippen LogP contribution in [0.2, 0.25) is 0 Å². The van der Waals surface area contributed by atoms with Crippen molar-refractivity contribution in [1.82, 2.24) is 4.90 Å². The molecule has 20 heavy (non-hydrogen) atoms. The van der Waals surface area contributed by atoms with E-state index in [0.29, 0.717) is 5.92 Å². The SMILES string of the molecule is CCC(CC)N1CCC(c2cc(N)ccc2OC)CC1. The van der Waals surface area contributed by atoms with Gasteiger partial charge in [0.2, 0.25) is 0 Å². The summed E-state index contributed by atoms with van der Waals surface area (Å²) in [7, 11) is 1.74. The molecular weight excluding hydrogens is 248 g/mol. The first-order chi connectivity index (χ1) is 9.69. The van der Waals surface area contributed by atoms with Gasteiger partial charge in [0, 0.05) is 11.7 Å². The lowest BCUT2D eigenvalue weighted by molar-refractivity contribution is 0.143. The number of hydrogen-bond donors (Lipinski definition) is 1. The van der Waals surface area contributed by atoms with Gasteiger partial charge in [-0.15, -0.1) is 0 Å². The maximum Gasteiger partial charge on any atom is 0.122 e. The zero-order valence-electron chi connectivity index (χ0n) is 13.1. The lowest BCUT2D eigenvalue weighted by Gasteiger charge is -2.37. The number of likely N-dealkylation sites (tertiary alicyclic amines) is 1. The van der Waals surface area contributed by atoms with Gasteiger partial charge in [0.15, 0.2) is 0 Å². The number of nitrogen functional groups attached to an aromatic ring is 1.